The number of furan rings is 1. The van der Waals surface area contributed by atoms with Crippen LogP contribution in [0.25, 0.3) is 0 Å². The Kier molecular flexibility index (Phi) is 5.86. The summed E-state index contributed by atoms with van der Waals surface area (Å²) in [4.78, 5) is 14.1. The smallest absolute Gasteiger partial charge is 0.256 e. The van der Waals surface area contributed by atoms with E-state index in [1.165, 1.54) is 11.8 Å². The third-order valence-electron chi connectivity index (χ3n) is 4.68. The van der Waals surface area contributed by atoms with Crippen LogP contribution in [0.4, 0.5) is 0 Å². The zero-order chi connectivity index (χ0) is 17.6. The van der Waals surface area contributed by atoms with E-state index in [-0.39, 0.29) is 5.91 Å². The van der Waals surface area contributed by atoms with Crippen molar-refractivity contribution in [1.29, 1.82) is 0 Å². The third kappa shape index (κ3) is 4.48. The largest absolute Gasteiger partial charge is 0.467 e. The van der Waals surface area contributed by atoms with Crippen LogP contribution in [0.2, 0.25) is 0 Å². The number of hydrazine groups is 1. The van der Waals surface area contributed by atoms with Crippen LogP contribution < -0.4 is 16.6 Å². The van der Waals surface area contributed by atoms with Gasteiger partial charge in [-0.3, -0.25) is 15.6 Å². The number of nitrogens with two attached hydrogens (primary N) is 1. The highest BCUT2D eigenvalue weighted by Crippen LogP contribution is 2.23. The molecule has 1 amide bonds. The average Bonchev–Trinajstić information content (AvgIpc) is 3.31. The lowest BCUT2D eigenvalue weighted by molar-refractivity contribution is 0.0791. The van der Waals surface area contributed by atoms with Gasteiger partial charge in [0.2, 0.25) is 0 Å². The molecule has 4 N–H and O–H groups in total. The molecule has 2 heterocycles. The summed E-state index contributed by atoms with van der Waals surface area (Å²) >= 11 is 0. The Balaban J connectivity index is 1.41. The minimum absolute atomic E-state index is 0.0249. The molecule has 0 bridgehead atoms. The number of hydrogen-bond donors (Lipinski definition) is 3. The zero-order valence-electron chi connectivity index (χ0n) is 14.6. The molecule has 2 atom stereocenters. The van der Waals surface area contributed by atoms with Crippen LogP contribution in [0.1, 0.15) is 47.0 Å². The number of amides is 1. The van der Waals surface area contributed by atoms with Crippen molar-refractivity contribution in [3.05, 3.63) is 59.5 Å². The van der Waals surface area contributed by atoms with Crippen LogP contribution in [0.5, 0.6) is 0 Å². The Hall–Kier alpha value is -2.15. The average molecular weight is 342 g/mol. The molecule has 2 aromatic rings. The summed E-state index contributed by atoms with van der Waals surface area (Å²) in [7, 11) is 1.82. The second-order valence-corrected chi connectivity index (χ2v) is 6.56. The van der Waals surface area contributed by atoms with Gasteiger partial charge in [0.1, 0.15) is 12.0 Å². The maximum Gasteiger partial charge on any atom is 0.256 e. The number of nitrogens with one attached hydrogen (secondary N) is 2. The second kappa shape index (κ2) is 8.29. The van der Waals surface area contributed by atoms with Gasteiger partial charge >= 0.3 is 0 Å². The highest BCUT2D eigenvalue weighted by atomic mass is 16.3. The summed E-state index contributed by atoms with van der Waals surface area (Å²) in [5, 5.41) is 0. The first-order chi connectivity index (χ1) is 12.2. The number of rotatable bonds is 7. The Morgan fingerprint density at radius 1 is 1.32 bits per heavy atom. The molecule has 2 unspecified atom stereocenters. The van der Waals surface area contributed by atoms with E-state index in [2.05, 4.69) is 35.1 Å². The normalized spacial score (nSPS) is 19.9. The van der Waals surface area contributed by atoms with Crippen LogP contribution in [-0.4, -0.2) is 30.4 Å². The number of benzene rings is 1. The van der Waals surface area contributed by atoms with Gasteiger partial charge in [0.25, 0.3) is 5.91 Å². The Labute approximate surface area is 148 Å². The lowest BCUT2D eigenvalue weighted by Crippen LogP contribution is -2.32. The van der Waals surface area contributed by atoms with Crippen LogP contribution >= 0.6 is 0 Å². The summed E-state index contributed by atoms with van der Waals surface area (Å²) in [5.41, 5.74) is 14.1. The van der Waals surface area contributed by atoms with Crippen LogP contribution in [0.15, 0.2) is 47.1 Å². The van der Waals surface area contributed by atoms with E-state index >= 15 is 0 Å². The van der Waals surface area contributed by atoms with Gasteiger partial charge in [-0.25, -0.2) is 0 Å². The molecular weight excluding hydrogens is 316 g/mol. The van der Waals surface area contributed by atoms with E-state index < -0.39 is 0 Å². The van der Waals surface area contributed by atoms with Crippen molar-refractivity contribution in [2.24, 2.45) is 5.73 Å². The zero-order valence-corrected chi connectivity index (χ0v) is 14.6. The van der Waals surface area contributed by atoms with Gasteiger partial charge in [-0.15, -0.1) is 0 Å². The molecule has 1 aliphatic heterocycles. The van der Waals surface area contributed by atoms with E-state index in [4.69, 9.17) is 10.2 Å². The fourth-order valence-corrected chi connectivity index (χ4v) is 3.21. The first kappa shape index (κ1) is 17.7. The third-order valence-corrected chi connectivity index (χ3v) is 4.68. The van der Waals surface area contributed by atoms with Crippen LogP contribution in [0.3, 0.4) is 0 Å². The van der Waals surface area contributed by atoms with Crippen molar-refractivity contribution in [3.63, 3.8) is 0 Å². The number of hydrogen-bond acceptors (Lipinski definition) is 5. The van der Waals surface area contributed by atoms with Gasteiger partial charge in [-0.2, -0.15) is 0 Å². The van der Waals surface area contributed by atoms with Gasteiger partial charge in [-0.05, 0) is 30.9 Å². The van der Waals surface area contributed by atoms with Crippen LogP contribution in [-0.2, 0) is 6.54 Å². The first-order valence-electron chi connectivity index (χ1n) is 8.76. The van der Waals surface area contributed by atoms with Crippen LogP contribution in [0, 0.1) is 0 Å². The molecule has 0 radical (unpaired) electrons. The summed E-state index contributed by atoms with van der Waals surface area (Å²) in [5.74, 6) is 0.605. The van der Waals surface area contributed by atoms with Crippen molar-refractivity contribution < 1.29 is 9.21 Å². The predicted molar refractivity (Wildman–Crippen MR) is 96.7 cm³/mol. The Bertz CT molecular complexity index is 686. The molecule has 1 aromatic carbocycles. The number of nitrogens with zero attached hydrogens (tertiary/aromatic N) is 1. The molecule has 6 heteroatoms. The number of carbonyl (C=O) groups excluding carboxylic acids is 1. The fourth-order valence-electron chi connectivity index (χ4n) is 3.21. The van der Waals surface area contributed by atoms with Gasteiger partial charge in [-0.1, -0.05) is 30.3 Å². The Morgan fingerprint density at radius 3 is 2.84 bits per heavy atom. The van der Waals surface area contributed by atoms with E-state index in [9.17, 15) is 4.79 Å². The van der Waals surface area contributed by atoms with Crippen molar-refractivity contribution in [1.82, 2.24) is 15.8 Å². The van der Waals surface area contributed by atoms with E-state index in [1.807, 2.05) is 13.1 Å². The van der Waals surface area contributed by atoms with E-state index in [0.29, 0.717) is 30.0 Å². The molecule has 1 saturated heterocycles. The quantitative estimate of drug-likeness (QED) is 0.718. The van der Waals surface area contributed by atoms with Gasteiger partial charge in [0.05, 0.1) is 12.1 Å². The maximum atomic E-state index is 12.3. The Morgan fingerprint density at radius 2 is 2.12 bits per heavy atom. The minimum Gasteiger partial charge on any atom is -0.467 e. The highest BCUT2D eigenvalue weighted by molar-refractivity contribution is 5.93. The van der Waals surface area contributed by atoms with Gasteiger partial charge in [0, 0.05) is 25.7 Å². The molecular formula is C19H26N4O2. The molecule has 1 aromatic heterocycles. The highest BCUT2D eigenvalue weighted by Gasteiger charge is 2.24. The van der Waals surface area contributed by atoms with E-state index in [0.717, 1.165) is 25.8 Å². The van der Waals surface area contributed by atoms with Gasteiger partial charge < -0.3 is 15.1 Å². The minimum atomic E-state index is -0.0249. The monoisotopic (exact) mass is 342 g/mol. The molecule has 0 spiro atoms. The lowest BCUT2D eigenvalue weighted by Gasteiger charge is -2.17. The summed E-state index contributed by atoms with van der Waals surface area (Å²) in [6.07, 6.45) is 4.51. The molecule has 3 rings (SSSR count). The molecule has 0 saturated carbocycles. The molecule has 134 valence electrons. The molecule has 1 aliphatic rings. The molecule has 25 heavy (non-hydrogen) atoms. The lowest BCUT2D eigenvalue weighted by atomic mass is 10.00. The van der Waals surface area contributed by atoms with E-state index in [1.54, 1.807) is 11.0 Å². The summed E-state index contributed by atoms with van der Waals surface area (Å²) in [6, 6.07) is 13.0. The topological polar surface area (TPSA) is 83.5 Å². The van der Waals surface area contributed by atoms with Gasteiger partial charge in [0.15, 0.2) is 0 Å². The predicted octanol–water partition coefficient (Wildman–Crippen LogP) is 2.20. The fraction of sp³-hybridized carbons (Fsp3) is 0.421. The second-order valence-electron chi connectivity index (χ2n) is 6.56. The maximum absolute atomic E-state index is 12.3. The molecule has 1 fully saturated rings. The number of carbonyl (C=O) groups is 1. The standard InChI is InChI=1S/C19H26N4O2/c1-23(19(24)15-10-17(12-20)25-13-15)9-5-8-16-11-18(22-21-16)14-6-3-2-4-7-14/h2-4,6-7,10,13,16,18,21-22H,5,8-9,11-12,20H2,1H3. The summed E-state index contributed by atoms with van der Waals surface area (Å²) < 4.78 is 5.23. The van der Waals surface area contributed by atoms with Crippen molar-refractivity contribution in [3.8, 4) is 0 Å². The molecule has 0 aliphatic carbocycles. The molecule has 6 nitrogen and oxygen atoms in total. The van der Waals surface area contributed by atoms with Crippen molar-refractivity contribution in [2.75, 3.05) is 13.6 Å². The summed E-state index contributed by atoms with van der Waals surface area (Å²) in [6.45, 7) is 1.02. The SMILES string of the molecule is CN(CCCC1CC(c2ccccc2)NN1)C(=O)c1coc(CN)c1. The first-order valence-corrected chi connectivity index (χ1v) is 8.76. The van der Waals surface area contributed by atoms with Crippen molar-refractivity contribution in [2.45, 2.75) is 37.9 Å². The van der Waals surface area contributed by atoms with Crippen molar-refractivity contribution >= 4 is 5.91 Å².